The fraction of sp³-hybridized carbons (Fsp3) is 0.579. The molecule has 0 bridgehead atoms. The Morgan fingerprint density at radius 3 is 2.39 bits per heavy atom. The summed E-state index contributed by atoms with van der Waals surface area (Å²) in [6.07, 6.45) is 1.52. The molecule has 1 aromatic rings. The maximum absolute atomic E-state index is 12.5. The number of benzene rings is 1. The van der Waals surface area contributed by atoms with Crippen molar-refractivity contribution in [2.24, 2.45) is 17.8 Å². The molecule has 1 heterocycles. The summed E-state index contributed by atoms with van der Waals surface area (Å²) in [5, 5.41) is 9.51. The van der Waals surface area contributed by atoms with Crippen LogP contribution in [0.1, 0.15) is 45.1 Å². The lowest BCUT2D eigenvalue weighted by molar-refractivity contribution is -0.141. The molecule has 126 valence electrons. The Labute approximate surface area is 138 Å². The van der Waals surface area contributed by atoms with Crippen LogP contribution < -0.4 is 0 Å². The predicted molar refractivity (Wildman–Crippen MR) is 90.1 cm³/mol. The van der Waals surface area contributed by atoms with Gasteiger partial charge < -0.3 is 10.0 Å². The number of likely N-dealkylation sites (tertiary alicyclic amines) is 1. The number of carboxylic acids is 1. The molecule has 4 nitrogen and oxygen atoms in total. The average molecular weight is 317 g/mol. The number of rotatable bonds is 6. The Balaban J connectivity index is 2.05. The molecule has 1 amide bonds. The summed E-state index contributed by atoms with van der Waals surface area (Å²) in [6.45, 7) is 7.24. The smallest absolute Gasteiger partial charge is 0.308 e. The highest BCUT2D eigenvalue weighted by molar-refractivity contribution is 5.79. The van der Waals surface area contributed by atoms with Crippen LogP contribution in [-0.4, -0.2) is 35.0 Å². The number of carboxylic acid groups (broad SMARTS) is 1. The fourth-order valence-electron chi connectivity index (χ4n) is 3.61. The maximum atomic E-state index is 12.5. The van der Waals surface area contributed by atoms with Crippen LogP contribution in [0.15, 0.2) is 30.3 Å². The molecule has 0 radical (unpaired) electrons. The summed E-state index contributed by atoms with van der Waals surface area (Å²) in [5.74, 6) is -0.450. The summed E-state index contributed by atoms with van der Waals surface area (Å²) in [5.41, 5.74) is 1.01. The molecule has 0 aromatic heterocycles. The van der Waals surface area contributed by atoms with Crippen molar-refractivity contribution in [1.29, 1.82) is 0 Å². The van der Waals surface area contributed by atoms with Crippen molar-refractivity contribution in [3.05, 3.63) is 35.9 Å². The largest absolute Gasteiger partial charge is 0.481 e. The Bertz CT molecular complexity index is 541. The lowest BCUT2D eigenvalue weighted by Crippen LogP contribution is -2.31. The second-order valence-electron chi connectivity index (χ2n) is 7.20. The van der Waals surface area contributed by atoms with E-state index < -0.39 is 11.9 Å². The van der Waals surface area contributed by atoms with Gasteiger partial charge in [-0.05, 0) is 23.8 Å². The average Bonchev–Trinajstić information content (AvgIpc) is 2.92. The van der Waals surface area contributed by atoms with Gasteiger partial charge in [0.15, 0.2) is 0 Å². The maximum Gasteiger partial charge on any atom is 0.308 e. The third-order valence-corrected chi connectivity index (χ3v) is 4.61. The minimum absolute atomic E-state index is 0.0860. The molecular formula is C19H27NO3. The van der Waals surface area contributed by atoms with Gasteiger partial charge in [-0.15, -0.1) is 0 Å². The zero-order chi connectivity index (χ0) is 17.0. The van der Waals surface area contributed by atoms with E-state index in [1.165, 1.54) is 0 Å². The Morgan fingerprint density at radius 1 is 1.17 bits per heavy atom. The van der Waals surface area contributed by atoms with E-state index in [1.807, 2.05) is 30.3 Å². The van der Waals surface area contributed by atoms with E-state index in [4.69, 9.17) is 0 Å². The van der Waals surface area contributed by atoms with E-state index in [0.717, 1.165) is 12.0 Å². The molecule has 2 rings (SSSR count). The molecule has 1 unspecified atom stereocenters. The first-order chi connectivity index (χ1) is 10.9. The number of hydrogen-bond donors (Lipinski definition) is 1. The van der Waals surface area contributed by atoms with Crippen LogP contribution in [0.4, 0.5) is 0 Å². The topological polar surface area (TPSA) is 57.6 Å². The van der Waals surface area contributed by atoms with Gasteiger partial charge >= 0.3 is 5.97 Å². The van der Waals surface area contributed by atoms with E-state index in [2.05, 4.69) is 20.8 Å². The van der Waals surface area contributed by atoms with Crippen molar-refractivity contribution in [2.45, 2.75) is 39.5 Å². The third-order valence-electron chi connectivity index (χ3n) is 4.61. The number of amides is 1. The Hall–Kier alpha value is -1.84. The SMILES string of the molecule is CC(C)CC(C)CC(=O)N1C[C@H](C(=O)O)[C@H](c2ccccc2)C1. The van der Waals surface area contributed by atoms with Crippen LogP contribution in [-0.2, 0) is 9.59 Å². The third kappa shape index (κ3) is 4.57. The first-order valence-corrected chi connectivity index (χ1v) is 8.44. The van der Waals surface area contributed by atoms with E-state index in [1.54, 1.807) is 4.90 Å². The molecule has 3 atom stereocenters. The van der Waals surface area contributed by atoms with Gasteiger partial charge in [-0.3, -0.25) is 9.59 Å². The van der Waals surface area contributed by atoms with Crippen molar-refractivity contribution >= 4 is 11.9 Å². The molecule has 0 spiro atoms. The predicted octanol–water partition coefficient (Wildman–Crippen LogP) is 3.39. The zero-order valence-electron chi connectivity index (χ0n) is 14.2. The van der Waals surface area contributed by atoms with Crippen LogP contribution in [0.5, 0.6) is 0 Å². The second-order valence-corrected chi connectivity index (χ2v) is 7.20. The van der Waals surface area contributed by atoms with Crippen molar-refractivity contribution in [2.75, 3.05) is 13.1 Å². The normalized spacial score (nSPS) is 22.3. The van der Waals surface area contributed by atoms with Gasteiger partial charge in [0, 0.05) is 25.4 Å². The van der Waals surface area contributed by atoms with Gasteiger partial charge in [0.05, 0.1) is 5.92 Å². The van der Waals surface area contributed by atoms with Crippen LogP contribution in [0.2, 0.25) is 0 Å². The highest BCUT2D eigenvalue weighted by Gasteiger charge is 2.40. The summed E-state index contributed by atoms with van der Waals surface area (Å²) in [6, 6.07) is 9.67. The molecule has 1 aliphatic heterocycles. The molecular weight excluding hydrogens is 290 g/mol. The zero-order valence-corrected chi connectivity index (χ0v) is 14.2. The van der Waals surface area contributed by atoms with E-state index in [-0.39, 0.29) is 11.8 Å². The van der Waals surface area contributed by atoms with Crippen LogP contribution >= 0.6 is 0 Å². The van der Waals surface area contributed by atoms with Crippen LogP contribution in [0.25, 0.3) is 0 Å². The first kappa shape index (κ1) is 17.5. The highest BCUT2D eigenvalue weighted by atomic mass is 16.4. The Morgan fingerprint density at radius 2 is 1.83 bits per heavy atom. The van der Waals surface area contributed by atoms with E-state index in [0.29, 0.717) is 31.3 Å². The lowest BCUT2D eigenvalue weighted by Gasteiger charge is -2.20. The summed E-state index contributed by atoms with van der Waals surface area (Å²) in [4.78, 5) is 25.8. The summed E-state index contributed by atoms with van der Waals surface area (Å²) in [7, 11) is 0. The van der Waals surface area contributed by atoms with Gasteiger partial charge in [0.1, 0.15) is 0 Å². The number of carbonyl (C=O) groups is 2. The van der Waals surface area contributed by atoms with Gasteiger partial charge in [-0.1, -0.05) is 51.1 Å². The highest BCUT2D eigenvalue weighted by Crippen LogP contribution is 2.33. The summed E-state index contributed by atoms with van der Waals surface area (Å²) < 4.78 is 0. The standard InChI is InChI=1S/C19H27NO3/c1-13(2)9-14(3)10-18(21)20-11-16(17(12-20)19(22)23)15-7-5-4-6-8-15/h4-8,13-14,16-17H,9-12H2,1-3H3,(H,22,23)/t14?,16-,17-/m0/s1. The molecule has 0 saturated carbocycles. The molecule has 1 aromatic carbocycles. The van der Waals surface area contributed by atoms with Crippen LogP contribution in [0, 0.1) is 17.8 Å². The monoisotopic (exact) mass is 317 g/mol. The minimum Gasteiger partial charge on any atom is -0.481 e. The molecule has 0 aliphatic carbocycles. The molecule has 1 N–H and O–H groups in total. The number of carbonyl (C=O) groups excluding carboxylic acids is 1. The number of nitrogens with zero attached hydrogens (tertiary/aromatic N) is 1. The van der Waals surface area contributed by atoms with Gasteiger partial charge in [0.25, 0.3) is 0 Å². The molecule has 1 aliphatic rings. The first-order valence-electron chi connectivity index (χ1n) is 8.44. The van der Waals surface area contributed by atoms with Crippen molar-refractivity contribution in [1.82, 2.24) is 4.90 Å². The lowest BCUT2D eigenvalue weighted by atomic mass is 9.89. The van der Waals surface area contributed by atoms with Crippen molar-refractivity contribution in [3.8, 4) is 0 Å². The van der Waals surface area contributed by atoms with Crippen molar-refractivity contribution in [3.63, 3.8) is 0 Å². The molecule has 1 fully saturated rings. The van der Waals surface area contributed by atoms with Crippen LogP contribution in [0.3, 0.4) is 0 Å². The quantitative estimate of drug-likeness (QED) is 0.875. The number of hydrogen-bond acceptors (Lipinski definition) is 2. The molecule has 1 saturated heterocycles. The van der Waals surface area contributed by atoms with Gasteiger partial charge in [-0.25, -0.2) is 0 Å². The van der Waals surface area contributed by atoms with E-state index in [9.17, 15) is 14.7 Å². The molecule has 23 heavy (non-hydrogen) atoms. The Kier molecular flexibility index (Phi) is 5.80. The fourth-order valence-corrected chi connectivity index (χ4v) is 3.61. The summed E-state index contributed by atoms with van der Waals surface area (Å²) >= 11 is 0. The van der Waals surface area contributed by atoms with E-state index >= 15 is 0 Å². The second kappa shape index (κ2) is 7.62. The van der Waals surface area contributed by atoms with Gasteiger partial charge in [0.2, 0.25) is 5.91 Å². The molecule has 4 heteroatoms. The minimum atomic E-state index is -0.815. The van der Waals surface area contributed by atoms with Crippen molar-refractivity contribution < 1.29 is 14.7 Å². The van der Waals surface area contributed by atoms with Gasteiger partial charge in [-0.2, -0.15) is 0 Å². The number of aliphatic carboxylic acids is 1.